The van der Waals surface area contributed by atoms with Crippen LogP contribution in [-0.4, -0.2) is 37.7 Å². The first-order valence-corrected chi connectivity index (χ1v) is 8.78. The zero-order chi connectivity index (χ0) is 16.5. The molecule has 0 unspecified atom stereocenters. The molecule has 126 valence electrons. The molecule has 6 heteroatoms. The maximum atomic E-state index is 9.43. The van der Waals surface area contributed by atoms with Gasteiger partial charge >= 0.3 is 0 Å². The molecule has 2 aromatic rings. The quantitative estimate of drug-likeness (QED) is 0.874. The molecule has 4 rings (SSSR count). The van der Waals surface area contributed by atoms with Gasteiger partial charge < -0.3 is 10.4 Å². The van der Waals surface area contributed by atoms with Crippen molar-refractivity contribution in [1.82, 2.24) is 19.9 Å². The monoisotopic (exact) mass is 325 g/mol. The first-order chi connectivity index (χ1) is 11.7. The summed E-state index contributed by atoms with van der Waals surface area (Å²) in [7, 11) is 0. The first-order valence-electron chi connectivity index (χ1n) is 8.78. The highest BCUT2D eigenvalue weighted by Crippen LogP contribution is 2.35. The number of fused-ring (bicyclic) bond motifs is 1. The summed E-state index contributed by atoms with van der Waals surface area (Å²) in [5, 5.41) is 12.8. The lowest BCUT2D eigenvalue weighted by Gasteiger charge is -2.30. The highest BCUT2D eigenvalue weighted by molar-refractivity contribution is 5.36. The van der Waals surface area contributed by atoms with Crippen LogP contribution in [0.2, 0.25) is 0 Å². The SMILES string of the molecule is Cc1nc(CCNc2cc(C3CC(O)C3)ncn2)nc2c1CCC2. The lowest BCUT2D eigenvalue weighted by molar-refractivity contribution is 0.0732. The Bertz CT molecular complexity index is 742. The molecule has 0 bridgehead atoms. The highest BCUT2D eigenvalue weighted by Gasteiger charge is 2.29. The van der Waals surface area contributed by atoms with Crippen molar-refractivity contribution in [3.63, 3.8) is 0 Å². The summed E-state index contributed by atoms with van der Waals surface area (Å²) in [6.45, 7) is 2.84. The van der Waals surface area contributed by atoms with Crippen LogP contribution in [0.25, 0.3) is 0 Å². The van der Waals surface area contributed by atoms with Gasteiger partial charge in [0.25, 0.3) is 0 Å². The van der Waals surface area contributed by atoms with E-state index >= 15 is 0 Å². The molecular weight excluding hydrogens is 302 g/mol. The third-order valence-corrected chi connectivity index (χ3v) is 5.06. The van der Waals surface area contributed by atoms with Crippen LogP contribution in [-0.2, 0) is 19.3 Å². The highest BCUT2D eigenvalue weighted by atomic mass is 16.3. The van der Waals surface area contributed by atoms with Gasteiger partial charge in [-0.05, 0) is 44.6 Å². The summed E-state index contributed by atoms with van der Waals surface area (Å²) in [5.74, 6) is 2.11. The molecular formula is C18H23N5O. The van der Waals surface area contributed by atoms with Crippen molar-refractivity contribution < 1.29 is 5.11 Å². The van der Waals surface area contributed by atoms with E-state index in [2.05, 4.69) is 27.2 Å². The summed E-state index contributed by atoms with van der Waals surface area (Å²) < 4.78 is 0. The number of nitrogens with one attached hydrogen (secondary N) is 1. The first kappa shape index (κ1) is 15.4. The predicted molar refractivity (Wildman–Crippen MR) is 91.0 cm³/mol. The number of rotatable bonds is 5. The van der Waals surface area contributed by atoms with E-state index in [9.17, 15) is 5.11 Å². The molecule has 0 saturated heterocycles. The maximum absolute atomic E-state index is 9.43. The molecule has 6 nitrogen and oxygen atoms in total. The molecule has 0 aliphatic heterocycles. The van der Waals surface area contributed by atoms with Gasteiger partial charge in [0.2, 0.25) is 0 Å². The molecule has 2 N–H and O–H groups in total. The minimum atomic E-state index is -0.165. The molecule has 24 heavy (non-hydrogen) atoms. The van der Waals surface area contributed by atoms with E-state index in [4.69, 9.17) is 4.98 Å². The fraction of sp³-hybridized carbons (Fsp3) is 0.556. The van der Waals surface area contributed by atoms with Gasteiger partial charge in [0, 0.05) is 42.0 Å². The predicted octanol–water partition coefficient (Wildman–Crippen LogP) is 1.96. The molecule has 2 aromatic heterocycles. The summed E-state index contributed by atoms with van der Waals surface area (Å²) in [6, 6.07) is 1.99. The number of aryl methyl sites for hydroxylation is 2. The number of hydrogen-bond acceptors (Lipinski definition) is 6. The Balaban J connectivity index is 1.36. The van der Waals surface area contributed by atoms with Crippen LogP contribution >= 0.6 is 0 Å². The fourth-order valence-corrected chi connectivity index (χ4v) is 3.62. The van der Waals surface area contributed by atoms with Crippen LogP contribution in [0.15, 0.2) is 12.4 Å². The van der Waals surface area contributed by atoms with Crippen molar-refractivity contribution in [3.8, 4) is 0 Å². The topological polar surface area (TPSA) is 83.8 Å². The third-order valence-electron chi connectivity index (χ3n) is 5.06. The van der Waals surface area contributed by atoms with Crippen LogP contribution in [0.1, 0.15) is 53.7 Å². The zero-order valence-electron chi connectivity index (χ0n) is 14.0. The molecule has 2 heterocycles. The van der Waals surface area contributed by atoms with Gasteiger partial charge in [-0.3, -0.25) is 0 Å². The number of hydrogen-bond donors (Lipinski definition) is 2. The van der Waals surface area contributed by atoms with Crippen LogP contribution < -0.4 is 5.32 Å². The van der Waals surface area contributed by atoms with Gasteiger partial charge in [-0.25, -0.2) is 19.9 Å². The molecule has 0 spiro atoms. The van der Waals surface area contributed by atoms with Crippen LogP contribution in [0, 0.1) is 6.92 Å². The third kappa shape index (κ3) is 3.11. The second-order valence-electron chi connectivity index (χ2n) is 6.83. The number of aromatic nitrogens is 4. The van der Waals surface area contributed by atoms with E-state index in [0.717, 1.165) is 61.7 Å². The van der Waals surface area contributed by atoms with Crippen LogP contribution in [0.5, 0.6) is 0 Å². The minimum absolute atomic E-state index is 0.165. The number of anilines is 1. The minimum Gasteiger partial charge on any atom is -0.393 e. The molecule has 0 atom stereocenters. The Morgan fingerprint density at radius 1 is 1.21 bits per heavy atom. The Morgan fingerprint density at radius 3 is 2.92 bits per heavy atom. The van der Waals surface area contributed by atoms with Crippen molar-refractivity contribution in [1.29, 1.82) is 0 Å². The lowest BCUT2D eigenvalue weighted by atomic mass is 9.80. The van der Waals surface area contributed by atoms with Crippen LogP contribution in [0.3, 0.4) is 0 Å². The van der Waals surface area contributed by atoms with Gasteiger partial charge in [-0.15, -0.1) is 0 Å². The average molecular weight is 325 g/mol. The standard InChI is InChI=1S/C18H23N5O/c1-11-14-3-2-4-15(14)23-17(22-11)5-6-19-18-9-16(20-10-21-18)12-7-13(24)8-12/h9-10,12-13,24H,2-8H2,1H3,(H,19,20,21). The van der Waals surface area contributed by atoms with Gasteiger partial charge in [-0.1, -0.05) is 0 Å². The molecule has 0 radical (unpaired) electrons. The average Bonchev–Trinajstić information content (AvgIpc) is 3.01. The maximum Gasteiger partial charge on any atom is 0.130 e. The number of aliphatic hydroxyl groups is 1. The van der Waals surface area contributed by atoms with E-state index in [0.29, 0.717) is 5.92 Å². The Morgan fingerprint density at radius 2 is 2.08 bits per heavy atom. The van der Waals surface area contributed by atoms with Crippen molar-refractivity contribution in [2.24, 2.45) is 0 Å². The van der Waals surface area contributed by atoms with Gasteiger partial charge in [0.05, 0.1) is 6.10 Å². The fourth-order valence-electron chi connectivity index (χ4n) is 3.62. The summed E-state index contributed by atoms with van der Waals surface area (Å²) in [4.78, 5) is 18.0. The summed E-state index contributed by atoms with van der Waals surface area (Å²) in [5.41, 5.74) is 4.75. The Hall–Kier alpha value is -2.08. The van der Waals surface area contributed by atoms with Crippen LogP contribution in [0.4, 0.5) is 5.82 Å². The van der Waals surface area contributed by atoms with Gasteiger partial charge in [0.1, 0.15) is 18.0 Å². The van der Waals surface area contributed by atoms with E-state index in [1.54, 1.807) is 6.33 Å². The molecule has 1 saturated carbocycles. The Labute approximate surface area is 141 Å². The molecule has 0 amide bonds. The second-order valence-corrected chi connectivity index (χ2v) is 6.83. The van der Waals surface area contributed by atoms with E-state index < -0.39 is 0 Å². The molecule has 2 aliphatic carbocycles. The molecule has 1 fully saturated rings. The smallest absolute Gasteiger partial charge is 0.130 e. The molecule has 2 aliphatic rings. The van der Waals surface area contributed by atoms with Crippen molar-refractivity contribution in [3.05, 3.63) is 40.9 Å². The largest absolute Gasteiger partial charge is 0.393 e. The van der Waals surface area contributed by atoms with Crippen molar-refractivity contribution >= 4 is 5.82 Å². The second kappa shape index (κ2) is 6.43. The summed E-state index contributed by atoms with van der Waals surface area (Å²) in [6.07, 6.45) is 7.24. The van der Waals surface area contributed by atoms with E-state index in [-0.39, 0.29) is 6.10 Å². The van der Waals surface area contributed by atoms with E-state index in [1.165, 1.54) is 17.7 Å². The summed E-state index contributed by atoms with van der Waals surface area (Å²) >= 11 is 0. The van der Waals surface area contributed by atoms with Gasteiger partial charge in [0.15, 0.2) is 0 Å². The normalized spacial score (nSPS) is 22.1. The van der Waals surface area contributed by atoms with Crippen molar-refractivity contribution in [2.45, 2.75) is 57.5 Å². The van der Waals surface area contributed by atoms with Crippen molar-refractivity contribution in [2.75, 3.05) is 11.9 Å². The zero-order valence-corrected chi connectivity index (χ0v) is 14.0. The van der Waals surface area contributed by atoms with E-state index in [1.807, 2.05) is 6.07 Å². The number of aliphatic hydroxyl groups excluding tert-OH is 1. The van der Waals surface area contributed by atoms with Gasteiger partial charge in [-0.2, -0.15) is 0 Å². The number of nitrogens with zero attached hydrogens (tertiary/aromatic N) is 4. The lowest BCUT2D eigenvalue weighted by Crippen LogP contribution is -2.27. The Kier molecular flexibility index (Phi) is 4.14. The molecule has 0 aromatic carbocycles.